The van der Waals surface area contributed by atoms with Gasteiger partial charge >= 0.3 is 0 Å². The first-order valence-electron chi connectivity index (χ1n) is 9.76. The molecule has 3 heterocycles. The average molecular weight is 450 g/mol. The maximum atomic E-state index is 12.9. The van der Waals surface area contributed by atoms with Crippen LogP contribution in [0.3, 0.4) is 0 Å². The van der Waals surface area contributed by atoms with Crippen molar-refractivity contribution in [2.75, 3.05) is 28.6 Å². The molecule has 158 valence electrons. The van der Waals surface area contributed by atoms with Crippen LogP contribution in [0.1, 0.15) is 37.7 Å². The fourth-order valence-electron chi connectivity index (χ4n) is 3.97. The number of amides is 2. The van der Waals surface area contributed by atoms with Gasteiger partial charge in [-0.1, -0.05) is 30.1 Å². The normalized spacial score (nSPS) is 21.0. The van der Waals surface area contributed by atoms with Crippen LogP contribution < -0.4 is 21.1 Å². The Morgan fingerprint density at radius 1 is 1.23 bits per heavy atom. The summed E-state index contributed by atoms with van der Waals surface area (Å²) in [6.45, 7) is 3.70. The third-order valence-electron chi connectivity index (χ3n) is 5.34. The van der Waals surface area contributed by atoms with E-state index < -0.39 is 17.4 Å². The standard InChI is InChI=1S/C20H21Cl2N5O3/c1-10-3-2-4-27(9-10)20-25-17-16(19(30)26-20)14(8-15(28)24-17)18(29)23-13-6-11(21)5-12(22)7-13/h5-7,10,14H,2-4,8-9H2,1H3,(H,23,29)(H2,24,25,26,28,30)/t10-,14+/m0/s1. The van der Waals surface area contributed by atoms with Crippen molar-refractivity contribution in [1.82, 2.24) is 9.97 Å². The second kappa shape index (κ2) is 8.28. The number of rotatable bonds is 3. The number of carbonyl (C=O) groups is 2. The van der Waals surface area contributed by atoms with Crippen molar-refractivity contribution in [1.29, 1.82) is 0 Å². The minimum absolute atomic E-state index is 0.132. The lowest BCUT2D eigenvalue weighted by molar-refractivity contribution is -0.123. The van der Waals surface area contributed by atoms with Gasteiger partial charge in [-0.15, -0.1) is 0 Å². The molecule has 1 fully saturated rings. The summed E-state index contributed by atoms with van der Waals surface area (Å²) in [6, 6.07) is 4.62. The number of hydrogen-bond donors (Lipinski definition) is 3. The summed E-state index contributed by atoms with van der Waals surface area (Å²) in [7, 11) is 0. The van der Waals surface area contributed by atoms with Gasteiger partial charge < -0.3 is 15.5 Å². The molecule has 0 bridgehead atoms. The summed E-state index contributed by atoms with van der Waals surface area (Å²) >= 11 is 12.0. The fourth-order valence-corrected chi connectivity index (χ4v) is 4.50. The number of halogens is 2. The molecule has 2 aliphatic heterocycles. The monoisotopic (exact) mass is 449 g/mol. The van der Waals surface area contributed by atoms with Crippen molar-refractivity contribution in [3.63, 3.8) is 0 Å². The Hall–Kier alpha value is -2.58. The zero-order valence-corrected chi connectivity index (χ0v) is 17.8. The lowest BCUT2D eigenvalue weighted by Gasteiger charge is -2.32. The van der Waals surface area contributed by atoms with E-state index in [0.29, 0.717) is 27.6 Å². The number of H-pyrrole nitrogens is 1. The van der Waals surface area contributed by atoms with E-state index in [-0.39, 0.29) is 23.7 Å². The molecular formula is C20H21Cl2N5O3. The van der Waals surface area contributed by atoms with Gasteiger partial charge in [-0.3, -0.25) is 19.4 Å². The van der Waals surface area contributed by atoms with Crippen LogP contribution in [0.5, 0.6) is 0 Å². The van der Waals surface area contributed by atoms with Crippen LogP contribution in [0.15, 0.2) is 23.0 Å². The van der Waals surface area contributed by atoms with E-state index in [1.165, 1.54) is 12.1 Å². The molecule has 4 rings (SSSR count). The van der Waals surface area contributed by atoms with Gasteiger partial charge in [0.15, 0.2) is 0 Å². The van der Waals surface area contributed by atoms with Crippen LogP contribution in [-0.2, 0) is 9.59 Å². The van der Waals surface area contributed by atoms with E-state index in [4.69, 9.17) is 23.2 Å². The number of carbonyl (C=O) groups excluding carboxylic acids is 2. The van der Waals surface area contributed by atoms with E-state index in [1.54, 1.807) is 6.07 Å². The van der Waals surface area contributed by atoms with E-state index in [2.05, 4.69) is 27.5 Å². The summed E-state index contributed by atoms with van der Waals surface area (Å²) in [5, 5.41) is 6.05. The highest BCUT2D eigenvalue weighted by atomic mass is 35.5. The molecule has 0 saturated carbocycles. The molecule has 2 aromatic rings. The highest BCUT2D eigenvalue weighted by molar-refractivity contribution is 6.35. The fraction of sp³-hybridized carbons (Fsp3) is 0.400. The molecule has 0 radical (unpaired) electrons. The van der Waals surface area contributed by atoms with Gasteiger partial charge in [0, 0.05) is 35.2 Å². The van der Waals surface area contributed by atoms with E-state index >= 15 is 0 Å². The van der Waals surface area contributed by atoms with Gasteiger partial charge in [0.2, 0.25) is 17.8 Å². The molecular weight excluding hydrogens is 429 g/mol. The number of piperidine rings is 1. The van der Waals surface area contributed by atoms with Crippen molar-refractivity contribution >= 4 is 52.5 Å². The summed E-state index contributed by atoms with van der Waals surface area (Å²) in [5.41, 5.74) is 0.0971. The molecule has 8 nitrogen and oxygen atoms in total. The van der Waals surface area contributed by atoms with Gasteiger partial charge in [-0.05, 0) is 37.0 Å². The Morgan fingerprint density at radius 2 is 1.97 bits per heavy atom. The van der Waals surface area contributed by atoms with E-state index in [1.807, 2.05) is 4.90 Å². The van der Waals surface area contributed by atoms with Gasteiger partial charge in [0.1, 0.15) is 5.82 Å². The lowest BCUT2D eigenvalue weighted by Crippen LogP contribution is -2.40. The first-order chi connectivity index (χ1) is 14.3. The number of nitrogens with zero attached hydrogens (tertiary/aromatic N) is 2. The summed E-state index contributed by atoms with van der Waals surface area (Å²) < 4.78 is 0. The number of nitrogens with one attached hydrogen (secondary N) is 3. The quantitative estimate of drug-likeness (QED) is 0.665. The zero-order chi connectivity index (χ0) is 21.4. The van der Waals surface area contributed by atoms with Crippen LogP contribution in [0.4, 0.5) is 17.5 Å². The molecule has 1 saturated heterocycles. The predicted octanol–water partition coefficient (Wildman–Crippen LogP) is 3.38. The molecule has 1 aromatic carbocycles. The number of anilines is 3. The predicted molar refractivity (Wildman–Crippen MR) is 117 cm³/mol. The van der Waals surface area contributed by atoms with E-state index in [0.717, 1.165) is 25.9 Å². The average Bonchev–Trinajstić information content (AvgIpc) is 2.66. The Bertz CT molecular complexity index is 1050. The molecule has 1 aromatic heterocycles. The number of fused-ring (bicyclic) bond motifs is 1. The second-order valence-corrected chi connectivity index (χ2v) is 8.67. The van der Waals surface area contributed by atoms with Gasteiger partial charge in [0.05, 0.1) is 11.5 Å². The molecule has 0 unspecified atom stereocenters. The van der Waals surface area contributed by atoms with Crippen molar-refractivity contribution in [2.45, 2.75) is 32.1 Å². The van der Waals surface area contributed by atoms with Crippen molar-refractivity contribution in [3.05, 3.63) is 44.2 Å². The Morgan fingerprint density at radius 3 is 2.67 bits per heavy atom. The third kappa shape index (κ3) is 4.29. The molecule has 10 heteroatoms. The van der Waals surface area contributed by atoms with Crippen LogP contribution in [0.25, 0.3) is 0 Å². The Balaban J connectivity index is 1.65. The van der Waals surface area contributed by atoms with Gasteiger partial charge in [0.25, 0.3) is 5.56 Å². The molecule has 2 amide bonds. The van der Waals surface area contributed by atoms with Crippen LogP contribution in [0, 0.1) is 5.92 Å². The minimum Gasteiger partial charge on any atom is -0.342 e. The van der Waals surface area contributed by atoms with Crippen molar-refractivity contribution in [3.8, 4) is 0 Å². The Labute approximate surface area is 183 Å². The van der Waals surface area contributed by atoms with Gasteiger partial charge in [-0.2, -0.15) is 4.98 Å². The topological polar surface area (TPSA) is 107 Å². The molecule has 0 spiro atoms. The zero-order valence-electron chi connectivity index (χ0n) is 16.3. The molecule has 2 atom stereocenters. The number of aromatic nitrogens is 2. The summed E-state index contributed by atoms with van der Waals surface area (Å²) in [4.78, 5) is 47.3. The van der Waals surface area contributed by atoms with E-state index in [9.17, 15) is 14.4 Å². The number of benzene rings is 1. The SMILES string of the molecule is C[C@H]1CCCN(c2nc3c(c(=O)[nH]2)[C@H](C(=O)Nc2cc(Cl)cc(Cl)c2)CC(=O)N3)C1. The van der Waals surface area contributed by atoms with Crippen molar-refractivity contribution < 1.29 is 9.59 Å². The lowest BCUT2D eigenvalue weighted by atomic mass is 9.92. The van der Waals surface area contributed by atoms with Gasteiger partial charge in [-0.25, -0.2) is 0 Å². The van der Waals surface area contributed by atoms with Crippen LogP contribution in [0.2, 0.25) is 10.0 Å². The largest absolute Gasteiger partial charge is 0.342 e. The molecule has 3 N–H and O–H groups in total. The first-order valence-corrected chi connectivity index (χ1v) is 10.5. The Kier molecular flexibility index (Phi) is 5.71. The second-order valence-electron chi connectivity index (χ2n) is 7.80. The molecule has 2 aliphatic rings. The smallest absolute Gasteiger partial charge is 0.258 e. The summed E-state index contributed by atoms with van der Waals surface area (Å²) in [5.74, 6) is -0.825. The third-order valence-corrected chi connectivity index (χ3v) is 5.78. The number of hydrogen-bond acceptors (Lipinski definition) is 5. The highest BCUT2D eigenvalue weighted by Crippen LogP contribution is 2.31. The first kappa shape index (κ1) is 20.7. The maximum Gasteiger partial charge on any atom is 0.258 e. The number of aromatic amines is 1. The highest BCUT2D eigenvalue weighted by Gasteiger charge is 2.35. The van der Waals surface area contributed by atoms with Crippen LogP contribution in [-0.4, -0.2) is 34.9 Å². The molecule has 30 heavy (non-hydrogen) atoms. The summed E-state index contributed by atoms with van der Waals surface area (Å²) in [6.07, 6.45) is 1.97. The minimum atomic E-state index is -0.975. The van der Waals surface area contributed by atoms with Crippen LogP contribution >= 0.6 is 23.2 Å². The molecule has 0 aliphatic carbocycles. The maximum absolute atomic E-state index is 12.9. The van der Waals surface area contributed by atoms with Crippen molar-refractivity contribution in [2.24, 2.45) is 5.92 Å².